The molecule has 4 rings (SSSR count). The first kappa shape index (κ1) is 22.1. The maximum atomic E-state index is 14.1. The van der Waals surface area contributed by atoms with Crippen LogP contribution in [0.2, 0.25) is 0 Å². The smallest absolute Gasteiger partial charge is 0.267 e. The van der Waals surface area contributed by atoms with Crippen LogP contribution in [0.1, 0.15) is 36.0 Å². The van der Waals surface area contributed by atoms with Crippen LogP contribution < -0.4 is 15.8 Å². The summed E-state index contributed by atoms with van der Waals surface area (Å²) in [5.41, 5.74) is 6.47. The minimum Gasteiger partial charge on any atom is -0.307 e. The molecule has 0 unspecified atom stereocenters. The Morgan fingerprint density at radius 1 is 1.12 bits per heavy atom. The van der Waals surface area contributed by atoms with Crippen molar-refractivity contribution in [1.82, 2.24) is 10.9 Å². The van der Waals surface area contributed by atoms with Crippen LogP contribution in [0.25, 0.3) is 4.48 Å². The third-order valence-electron chi connectivity index (χ3n) is 5.48. The lowest BCUT2D eigenvalue weighted by Gasteiger charge is -2.23. The summed E-state index contributed by atoms with van der Waals surface area (Å²) in [7, 11) is 0. The van der Waals surface area contributed by atoms with Gasteiger partial charge in [0.05, 0.1) is 18.7 Å². The van der Waals surface area contributed by atoms with Crippen molar-refractivity contribution in [3.63, 3.8) is 0 Å². The monoisotopic (exact) mass is 503 g/mol. The van der Waals surface area contributed by atoms with Crippen molar-refractivity contribution in [3.05, 3.63) is 70.3 Å². The maximum Gasteiger partial charge on any atom is 0.267 e. The fourth-order valence-electron chi connectivity index (χ4n) is 3.45. The molecule has 1 fully saturated rings. The van der Waals surface area contributed by atoms with Crippen molar-refractivity contribution in [2.24, 2.45) is 5.92 Å². The summed E-state index contributed by atoms with van der Waals surface area (Å²) in [6.45, 7) is 1.68. The molecule has 2 aromatic carbocycles. The third kappa shape index (κ3) is 4.57. The van der Waals surface area contributed by atoms with Gasteiger partial charge in [0.25, 0.3) is 5.91 Å². The normalized spacial score (nSPS) is 15.9. The molecule has 1 aliphatic carbocycles. The molecule has 1 heterocycles. The van der Waals surface area contributed by atoms with E-state index in [9.17, 15) is 23.2 Å². The van der Waals surface area contributed by atoms with Gasteiger partial charge in [-0.2, -0.15) is 0 Å². The molecule has 1 aliphatic heterocycles. The van der Waals surface area contributed by atoms with Crippen LogP contribution in [0, 0.1) is 24.5 Å². The minimum atomic E-state index is -0.669. The molecule has 32 heavy (non-hydrogen) atoms. The number of hydrogen-bond acceptors (Lipinski definition) is 3. The van der Waals surface area contributed by atoms with Gasteiger partial charge in [0.15, 0.2) is 0 Å². The number of halogens is 3. The molecule has 6 nitrogen and oxygen atoms in total. The maximum absolute atomic E-state index is 14.1. The molecule has 0 aromatic heterocycles. The Balaban J connectivity index is 1.66. The number of carbonyl (C=O) groups is 3. The number of amides is 3. The second-order valence-corrected chi connectivity index (χ2v) is 8.70. The van der Waals surface area contributed by atoms with Gasteiger partial charge in [-0.05, 0) is 71.1 Å². The summed E-state index contributed by atoms with van der Waals surface area (Å²) in [5.74, 6) is -2.43. The van der Waals surface area contributed by atoms with Gasteiger partial charge in [-0.1, -0.05) is 12.1 Å². The molecule has 2 N–H and O–H groups in total. The molecule has 166 valence electrons. The van der Waals surface area contributed by atoms with Crippen LogP contribution in [-0.2, 0) is 20.9 Å². The van der Waals surface area contributed by atoms with E-state index < -0.39 is 23.4 Å². The Bertz CT molecular complexity index is 1160. The van der Waals surface area contributed by atoms with E-state index in [1.54, 1.807) is 19.1 Å². The number of nitrogens with one attached hydrogen (secondary N) is 2. The minimum absolute atomic E-state index is 0.0439. The van der Waals surface area contributed by atoms with Gasteiger partial charge < -0.3 is 4.90 Å². The SMILES string of the molecule is Cc1ccc(CN2C(=O)CC(C(=O)NNC(=O)C3CC3)=C(Br)c3cc(F)ccc32)cc1F. The van der Waals surface area contributed by atoms with Crippen molar-refractivity contribution in [3.8, 4) is 0 Å². The Morgan fingerprint density at radius 3 is 2.56 bits per heavy atom. The third-order valence-corrected chi connectivity index (χ3v) is 6.38. The molecule has 3 amide bonds. The number of carbonyl (C=O) groups excluding carboxylic acids is 3. The Labute approximate surface area is 191 Å². The lowest BCUT2D eigenvalue weighted by atomic mass is 10.1. The van der Waals surface area contributed by atoms with E-state index in [1.165, 1.54) is 29.2 Å². The van der Waals surface area contributed by atoms with Gasteiger partial charge in [-0.25, -0.2) is 8.78 Å². The van der Waals surface area contributed by atoms with E-state index in [4.69, 9.17) is 0 Å². The van der Waals surface area contributed by atoms with Crippen LogP contribution in [0.4, 0.5) is 14.5 Å². The second kappa shape index (κ2) is 8.82. The number of fused-ring (bicyclic) bond motifs is 1. The van der Waals surface area contributed by atoms with Crippen molar-refractivity contribution in [2.45, 2.75) is 32.7 Å². The highest BCUT2D eigenvalue weighted by Crippen LogP contribution is 2.39. The molecule has 1 saturated carbocycles. The first-order chi connectivity index (χ1) is 15.2. The fourth-order valence-corrected chi connectivity index (χ4v) is 4.09. The number of benzene rings is 2. The molecule has 0 saturated heterocycles. The topological polar surface area (TPSA) is 78.5 Å². The number of anilines is 1. The quantitative estimate of drug-likeness (QED) is 0.621. The molecular weight excluding hydrogens is 484 g/mol. The molecule has 0 atom stereocenters. The zero-order valence-electron chi connectivity index (χ0n) is 17.2. The number of hydrazine groups is 1. The van der Waals surface area contributed by atoms with E-state index in [0.29, 0.717) is 22.4 Å². The summed E-state index contributed by atoms with van der Waals surface area (Å²) in [4.78, 5) is 39.2. The van der Waals surface area contributed by atoms with Gasteiger partial charge in [0, 0.05) is 21.5 Å². The summed E-state index contributed by atoms with van der Waals surface area (Å²) in [6, 6.07) is 8.56. The predicted octanol–water partition coefficient (Wildman–Crippen LogP) is 3.87. The van der Waals surface area contributed by atoms with Crippen LogP contribution >= 0.6 is 15.9 Å². The van der Waals surface area contributed by atoms with E-state index in [0.717, 1.165) is 12.8 Å². The van der Waals surface area contributed by atoms with Gasteiger partial charge in [-0.3, -0.25) is 25.2 Å². The highest BCUT2D eigenvalue weighted by Gasteiger charge is 2.32. The lowest BCUT2D eigenvalue weighted by molar-refractivity contribution is -0.128. The molecule has 2 aromatic rings. The predicted molar refractivity (Wildman–Crippen MR) is 118 cm³/mol. The highest BCUT2D eigenvalue weighted by atomic mass is 79.9. The van der Waals surface area contributed by atoms with Crippen molar-refractivity contribution >= 4 is 43.8 Å². The van der Waals surface area contributed by atoms with Gasteiger partial charge in [0.1, 0.15) is 11.6 Å². The molecule has 9 heteroatoms. The number of aryl methyl sites for hydroxylation is 1. The second-order valence-electron chi connectivity index (χ2n) is 7.91. The molecule has 0 radical (unpaired) electrons. The van der Waals surface area contributed by atoms with E-state index in [2.05, 4.69) is 26.8 Å². The van der Waals surface area contributed by atoms with Crippen LogP contribution in [0.3, 0.4) is 0 Å². The molecule has 0 spiro atoms. The first-order valence-corrected chi connectivity index (χ1v) is 10.9. The van der Waals surface area contributed by atoms with Crippen LogP contribution in [-0.4, -0.2) is 17.7 Å². The number of rotatable bonds is 4. The van der Waals surface area contributed by atoms with Crippen molar-refractivity contribution in [1.29, 1.82) is 0 Å². The molecule has 2 aliphatic rings. The van der Waals surface area contributed by atoms with Gasteiger partial charge in [0.2, 0.25) is 11.8 Å². The van der Waals surface area contributed by atoms with Crippen molar-refractivity contribution < 1.29 is 23.2 Å². The van der Waals surface area contributed by atoms with E-state index >= 15 is 0 Å². The average molecular weight is 504 g/mol. The zero-order valence-corrected chi connectivity index (χ0v) is 18.8. The summed E-state index contributed by atoms with van der Waals surface area (Å²) < 4.78 is 28.4. The zero-order chi connectivity index (χ0) is 23.0. The van der Waals surface area contributed by atoms with Crippen LogP contribution in [0.15, 0.2) is 42.0 Å². The first-order valence-electron chi connectivity index (χ1n) is 10.1. The number of nitrogens with zero attached hydrogens (tertiary/aromatic N) is 1. The number of hydrogen-bond donors (Lipinski definition) is 2. The van der Waals surface area contributed by atoms with Gasteiger partial charge in [-0.15, -0.1) is 0 Å². The Hall–Kier alpha value is -3.07. The van der Waals surface area contributed by atoms with E-state index in [1.807, 2.05) is 0 Å². The van der Waals surface area contributed by atoms with Gasteiger partial charge >= 0.3 is 0 Å². The Kier molecular flexibility index (Phi) is 6.10. The Morgan fingerprint density at radius 2 is 1.88 bits per heavy atom. The van der Waals surface area contributed by atoms with E-state index in [-0.39, 0.29) is 34.8 Å². The highest BCUT2D eigenvalue weighted by molar-refractivity contribution is 9.15. The van der Waals surface area contributed by atoms with Crippen molar-refractivity contribution in [2.75, 3.05) is 4.90 Å². The summed E-state index contributed by atoms with van der Waals surface area (Å²) in [5, 5.41) is 0. The summed E-state index contributed by atoms with van der Waals surface area (Å²) >= 11 is 3.35. The fraction of sp³-hybridized carbons (Fsp3) is 0.261. The summed E-state index contributed by atoms with van der Waals surface area (Å²) in [6.07, 6.45) is 1.25. The lowest BCUT2D eigenvalue weighted by Crippen LogP contribution is -2.43. The largest absolute Gasteiger partial charge is 0.307 e. The molecular formula is C23H20BrF2N3O3. The molecule has 0 bridgehead atoms. The average Bonchev–Trinajstić information content (AvgIpc) is 3.61. The standard InChI is InChI=1S/C23H20BrF2N3O3/c1-12-2-3-13(8-18(12)26)11-29-19-7-6-15(25)9-16(19)21(24)17(10-20(29)30)23(32)28-27-22(31)14-4-5-14/h2-3,6-9,14H,4-5,10-11H2,1H3,(H,27,31)(H,28,32). The van der Waals surface area contributed by atoms with Crippen LogP contribution in [0.5, 0.6) is 0 Å².